The number of carbonyl (C=O) groups is 1. The molecule has 2 N–H and O–H groups in total. The first-order chi connectivity index (χ1) is 9.19. The van der Waals surface area contributed by atoms with E-state index in [4.69, 9.17) is 16.3 Å². The largest absolute Gasteiger partial charge is 0.492 e. The Bertz CT molecular complexity index is 445. The van der Waals surface area contributed by atoms with Crippen LogP contribution in [0.5, 0.6) is 5.75 Å². The number of amides is 1. The summed E-state index contributed by atoms with van der Waals surface area (Å²) in [4.78, 5) is 12.0. The minimum atomic E-state index is -0.0115. The molecule has 0 radical (unpaired) electrons. The fourth-order valence-corrected chi connectivity index (χ4v) is 2.41. The van der Waals surface area contributed by atoms with Crippen LogP contribution in [0.25, 0.3) is 0 Å². The standard InChI is InChI=1S/C14H19ClN2O2/c1-2-19-13-6-5-10(15)8-12(13)17-14(18)9-11-4-3-7-16-11/h5-6,8,11,16H,2-4,7,9H2,1H3,(H,17,18). The summed E-state index contributed by atoms with van der Waals surface area (Å²) in [5.41, 5.74) is 0.636. The van der Waals surface area contributed by atoms with Gasteiger partial charge >= 0.3 is 0 Å². The second-order valence-corrected chi connectivity index (χ2v) is 5.06. The highest BCUT2D eigenvalue weighted by Crippen LogP contribution is 2.28. The first-order valence-corrected chi connectivity index (χ1v) is 7.02. The van der Waals surface area contributed by atoms with E-state index in [0.717, 1.165) is 19.4 Å². The highest BCUT2D eigenvalue weighted by molar-refractivity contribution is 6.31. The van der Waals surface area contributed by atoms with Gasteiger partial charge in [0.1, 0.15) is 5.75 Å². The van der Waals surface area contributed by atoms with Crippen molar-refractivity contribution in [3.8, 4) is 5.75 Å². The smallest absolute Gasteiger partial charge is 0.226 e. The Hall–Kier alpha value is -1.26. The zero-order valence-electron chi connectivity index (χ0n) is 11.0. The molecule has 0 aliphatic carbocycles. The van der Waals surface area contributed by atoms with Crippen LogP contribution in [0.4, 0.5) is 5.69 Å². The van der Waals surface area contributed by atoms with Gasteiger partial charge in [0.25, 0.3) is 0 Å². The van der Waals surface area contributed by atoms with Crippen LogP contribution >= 0.6 is 11.6 Å². The number of nitrogens with one attached hydrogen (secondary N) is 2. The van der Waals surface area contributed by atoms with Gasteiger partial charge in [-0.15, -0.1) is 0 Å². The highest BCUT2D eigenvalue weighted by Gasteiger charge is 2.18. The molecule has 1 saturated heterocycles. The summed E-state index contributed by atoms with van der Waals surface area (Å²) in [6, 6.07) is 5.53. The number of rotatable bonds is 5. The van der Waals surface area contributed by atoms with E-state index in [-0.39, 0.29) is 11.9 Å². The van der Waals surface area contributed by atoms with Crippen LogP contribution in [0.15, 0.2) is 18.2 Å². The lowest BCUT2D eigenvalue weighted by Crippen LogP contribution is -2.27. The minimum absolute atomic E-state index is 0.0115. The third-order valence-corrected chi connectivity index (χ3v) is 3.34. The number of hydrogen-bond donors (Lipinski definition) is 2. The SMILES string of the molecule is CCOc1ccc(Cl)cc1NC(=O)CC1CCCN1. The third kappa shape index (κ3) is 4.11. The molecule has 1 aliphatic heterocycles. The fraction of sp³-hybridized carbons (Fsp3) is 0.500. The molecule has 1 unspecified atom stereocenters. The predicted octanol–water partition coefficient (Wildman–Crippen LogP) is 2.82. The molecule has 2 rings (SSSR count). The third-order valence-electron chi connectivity index (χ3n) is 3.11. The van der Waals surface area contributed by atoms with Crippen LogP contribution in [0.1, 0.15) is 26.2 Å². The maximum Gasteiger partial charge on any atom is 0.226 e. The lowest BCUT2D eigenvalue weighted by Gasteiger charge is -2.14. The van der Waals surface area contributed by atoms with Crippen molar-refractivity contribution in [1.82, 2.24) is 5.32 Å². The summed E-state index contributed by atoms with van der Waals surface area (Å²) < 4.78 is 5.47. The zero-order chi connectivity index (χ0) is 13.7. The highest BCUT2D eigenvalue weighted by atomic mass is 35.5. The number of halogens is 1. The van der Waals surface area contributed by atoms with Crippen LogP contribution in [0.3, 0.4) is 0 Å². The molecule has 0 saturated carbocycles. The number of hydrogen-bond acceptors (Lipinski definition) is 3. The second-order valence-electron chi connectivity index (χ2n) is 4.62. The first kappa shape index (κ1) is 14.2. The van der Waals surface area contributed by atoms with Gasteiger partial charge in [-0.3, -0.25) is 4.79 Å². The van der Waals surface area contributed by atoms with E-state index in [1.165, 1.54) is 0 Å². The molecule has 1 fully saturated rings. The summed E-state index contributed by atoms with van der Waals surface area (Å²) in [5.74, 6) is 0.641. The monoisotopic (exact) mass is 282 g/mol. The van der Waals surface area contributed by atoms with Crippen molar-refractivity contribution in [2.24, 2.45) is 0 Å². The molecule has 1 aromatic carbocycles. The molecule has 4 nitrogen and oxygen atoms in total. The number of benzene rings is 1. The van der Waals surface area contributed by atoms with Gasteiger partial charge in [-0.05, 0) is 44.5 Å². The summed E-state index contributed by atoms with van der Waals surface area (Å²) in [6.45, 7) is 3.46. The number of ether oxygens (including phenoxy) is 1. The van der Waals surface area contributed by atoms with Gasteiger partial charge in [0.05, 0.1) is 12.3 Å². The molecule has 0 spiro atoms. The maximum atomic E-state index is 12.0. The van der Waals surface area contributed by atoms with Crippen molar-refractivity contribution in [3.63, 3.8) is 0 Å². The molecule has 19 heavy (non-hydrogen) atoms. The summed E-state index contributed by atoms with van der Waals surface area (Å²) in [6.07, 6.45) is 2.68. The van der Waals surface area contributed by atoms with Crippen molar-refractivity contribution in [1.29, 1.82) is 0 Å². The predicted molar refractivity (Wildman–Crippen MR) is 76.9 cm³/mol. The van der Waals surface area contributed by atoms with Crippen LogP contribution in [-0.4, -0.2) is 25.1 Å². The van der Waals surface area contributed by atoms with E-state index >= 15 is 0 Å². The average Bonchev–Trinajstić information content (AvgIpc) is 2.85. The first-order valence-electron chi connectivity index (χ1n) is 6.64. The lowest BCUT2D eigenvalue weighted by atomic mass is 10.1. The molecule has 0 aromatic heterocycles. The molecule has 1 atom stereocenters. The van der Waals surface area contributed by atoms with Crippen molar-refractivity contribution < 1.29 is 9.53 Å². The van der Waals surface area contributed by atoms with E-state index in [2.05, 4.69) is 10.6 Å². The number of anilines is 1. The van der Waals surface area contributed by atoms with Gasteiger partial charge in [0, 0.05) is 17.5 Å². The van der Waals surface area contributed by atoms with E-state index in [9.17, 15) is 4.79 Å². The average molecular weight is 283 g/mol. The summed E-state index contributed by atoms with van der Waals surface area (Å²) >= 11 is 5.95. The Balaban J connectivity index is 2.00. The van der Waals surface area contributed by atoms with Gasteiger partial charge in [-0.25, -0.2) is 0 Å². The molecule has 1 aromatic rings. The molecule has 1 amide bonds. The summed E-state index contributed by atoms with van der Waals surface area (Å²) in [5, 5.41) is 6.76. The second kappa shape index (κ2) is 6.78. The number of carbonyl (C=O) groups excluding carboxylic acids is 1. The van der Waals surface area contributed by atoms with Crippen LogP contribution in [-0.2, 0) is 4.79 Å². The molecule has 0 bridgehead atoms. The molecule has 104 valence electrons. The Kier molecular flexibility index (Phi) is 5.05. The minimum Gasteiger partial charge on any atom is -0.492 e. The molecular formula is C14H19ClN2O2. The summed E-state index contributed by atoms with van der Waals surface area (Å²) in [7, 11) is 0. The van der Waals surface area contributed by atoms with Crippen LogP contribution in [0, 0.1) is 0 Å². The van der Waals surface area contributed by atoms with Crippen molar-refractivity contribution in [3.05, 3.63) is 23.2 Å². The van der Waals surface area contributed by atoms with E-state index < -0.39 is 0 Å². The van der Waals surface area contributed by atoms with Crippen LogP contribution in [0.2, 0.25) is 5.02 Å². The van der Waals surface area contributed by atoms with Gasteiger partial charge in [-0.2, -0.15) is 0 Å². The fourth-order valence-electron chi connectivity index (χ4n) is 2.24. The topological polar surface area (TPSA) is 50.4 Å². The maximum absolute atomic E-state index is 12.0. The molecule has 1 aliphatic rings. The van der Waals surface area contributed by atoms with E-state index in [1.807, 2.05) is 6.92 Å². The van der Waals surface area contributed by atoms with Crippen molar-refractivity contribution >= 4 is 23.2 Å². The Morgan fingerprint density at radius 2 is 2.42 bits per heavy atom. The van der Waals surface area contributed by atoms with E-state index in [0.29, 0.717) is 29.5 Å². The zero-order valence-corrected chi connectivity index (χ0v) is 11.8. The van der Waals surface area contributed by atoms with E-state index in [1.54, 1.807) is 18.2 Å². The van der Waals surface area contributed by atoms with Gasteiger partial charge in [-0.1, -0.05) is 11.6 Å². The quantitative estimate of drug-likeness (QED) is 0.873. The Morgan fingerprint density at radius 3 is 3.11 bits per heavy atom. The normalized spacial score (nSPS) is 18.3. The Morgan fingerprint density at radius 1 is 1.58 bits per heavy atom. The Labute approximate surface area is 118 Å². The van der Waals surface area contributed by atoms with Crippen molar-refractivity contribution in [2.45, 2.75) is 32.2 Å². The van der Waals surface area contributed by atoms with Crippen LogP contribution < -0.4 is 15.4 Å². The molecule has 5 heteroatoms. The molecule has 1 heterocycles. The van der Waals surface area contributed by atoms with Gasteiger partial charge < -0.3 is 15.4 Å². The van der Waals surface area contributed by atoms with Gasteiger partial charge in [0.2, 0.25) is 5.91 Å². The van der Waals surface area contributed by atoms with Crippen molar-refractivity contribution in [2.75, 3.05) is 18.5 Å². The molecular weight excluding hydrogens is 264 g/mol. The van der Waals surface area contributed by atoms with Gasteiger partial charge in [0.15, 0.2) is 0 Å². The lowest BCUT2D eigenvalue weighted by molar-refractivity contribution is -0.116.